The molecule has 0 aliphatic carbocycles. The molecule has 3 rings (SSSR count). The molecule has 2 aromatic heterocycles. The van der Waals surface area contributed by atoms with Crippen LogP contribution in [-0.4, -0.2) is 45.4 Å². The second kappa shape index (κ2) is 4.86. The van der Waals surface area contributed by atoms with Gasteiger partial charge in [0.2, 0.25) is 0 Å². The third-order valence-electron chi connectivity index (χ3n) is 3.38. The number of hydrogen-bond donors (Lipinski definition) is 0. The Labute approximate surface area is 105 Å². The zero-order valence-electron chi connectivity index (χ0n) is 10.2. The molecule has 18 heavy (non-hydrogen) atoms. The molecule has 1 saturated heterocycles. The van der Waals surface area contributed by atoms with Crippen LogP contribution in [0.25, 0.3) is 5.65 Å². The third kappa shape index (κ3) is 2.26. The normalized spacial score (nSPS) is 16.4. The first kappa shape index (κ1) is 11.3. The number of rotatable bonds is 4. The molecule has 0 bridgehead atoms. The molecule has 5 nitrogen and oxygen atoms in total. The van der Waals surface area contributed by atoms with Gasteiger partial charge in [-0.1, -0.05) is 0 Å². The first-order valence-electron chi connectivity index (χ1n) is 6.38. The van der Waals surface area contributed by atoms with Gasteiger partial charge in [0.15, 0.2) is 17.8 Å². The van der Waals surface area contributed by atoms with E-state index in [1.807, 2.05) is 6.07 Å². The zero-order valence-corrected chi connectivity index (χ0v) is 10.2. The summed E-state index contributed by atoms with van der Waals surface area (Å²) in [5.41, 5.74) is 1.43. The van der Waals surface area contributed by atoms with Gasteiger partial charge in [0.05, 0.1) is 0 Å². The van der Waals surface area contributed by atoms with Crippen LogP contribution in [0.15, 0.2) is 18.3 Å². The molecular formula is C13H16N4O. The number of carbonyl (C=O) groups is 1. The Hall–Kier alpha value is -1.75. The molecule has 0 saturated carbocycles. The number of likely N-dealkylation sites (tertiary alicyclic amines) is 1. The summed E-state index contributed by atoms with van der Waals surface area (Å²) in [6.07, 6.45) is 6.03. The first-order valence-corrected chi connectivity index (χ1v) is 6.38. The lowest BCUT2D eigenvalue weighted by molar-refractivity contribution is 0.112. The summed E-state index contributed by atoms with van der Waals surface area (Å²) in [6, 6.07) is 3.59. The quantitative estimate of drug-likeness (QED) is 0.758. The van der Waals surface area contributed by atoms with Crippen molar-refractivity contribution >= 4 is 11.9 Å². The standard InChI is InChI=1S/C13H16N4O/c18-10-11-3-4-13-14-12(15-17(13)9-11)5-8-16-6-1-2-7-16/h3-4,9-10H,1-2,5-8H2. The number of nitrogens with zero attached hydrogens (tertiary/aromatic N) is 4. The molecule has 0 unspecified atom stereocenters. The molecule has 1 aliphatic heterocycles. The third-order valence-corrected chi connectivity index (χ3v) is 3.38. The highest BCUT2D eigenvalue weighted by molar-refractivity contribution is 5.74. The Morgan fingerprint density at radius 2 is 2.11 bits per heavy atom. The fraction of sp³-hybridized carbons (Fsp3) is 0.462. The molecule has 0 atom stereocenters. The molecule has 0 amide bonds. The average molecular weight is 244 g/mol. The highest BCUT2D eigenvalue weighted by atomic mass is 16.1. The van der Waals surface area contributed by atoms with Gasteiger partial charge in [-0.25, -0.2) is 9.50 Å². The number of hydrogen-bond acceptors (Lipinski definition) is 4. The molecule has 0 radical (unpaired) electrons. The van der Waals surface area contributed by atoms with Gasteiger partial charge in [0.25, 0.3) is 0 Å². The Bertz CT molecular complexity index is 557. The minimum Gasteiger partial charge on any atom is -0.303 e. The van der Waals surface area contributed by atoms with E-state index in [1.54, 1.807) is 16.8 Å². The Morgan fingerprint density at radius 1 is 1.28 bits per heavy atom. The van der Waals surface area contributed by atoms with Crippen molar-refractivity contribution in [1.29, 1.82) is 0 Å². The minimum absolute atomic E-state index is 0.624. The predicted molar refractivity (Wildman–Crippen MR) is 67.8 cm³/mol. The van der Waals surface area contributed by atoms with E-state index in [4.69, 9.17) is 0 Å². The van der Waals surface area contributed by atoms with Crippen LogP contribution in [0.5, 0.6) is 0 Å². The van der Waals surface area contributed by atoms with Gasteiger partial charge in [-0.15, -0.1) is 0 Å². The maximum Gasteiger partial charge on any atom is 0.155 e. The summed E-state index contributed by atoms with van der Waals surface area (Å²) in [5, 5.41) is 4.40. The number of carbonyl (C=O) groups excluding carboxylic acids is 1. The fourth-order valence-corrected chi connectivity index (χ4v) is 2.38. The topological polar surface area (TPSA) is 50.5 Å². The largest absolute Gasteiger partial charge is 0.303 e. The minimum atomic E-state index is 0.624. The number of aromatic nitrogens is 3. The fourth-order valence-electron chi connectivity index (χ4n) is 2.38. The summed E-state index contributed by atoms with van der Waals surface area (Å²) in [4.78, 5) is 17.6. The van der Waals surface area contributed by atoms with Crippen LogP contribution in [0, 0.1) is 0 Å². The average Bonchev–Trinajstić information content (AvgIpc) is 3.04. The van der Waals surface area contributed by atoms with Crippen molar-refractivity contribution in [3.05, 3.63) is 29.7 Å². The molecule has 2 aromatic rings. The Balaban J connectivity index is 1.73. The van der Waals surface area contributed by atoms with Crippen LogP contribution in [0.4, 0.5) is 0 Å². The SMILES string of the molecule is O=Cc1ccc2nc(CCN3CCCC3)nn2c1. The summed E-state index contributed by atoms with van der Waals surface area (Å²) in [5.74, 6) is 0.852. The Kier molecular flexibility index (Phi) is 3.06. The molecule has 3 heterocycles. The van der Waals surface area contributed by atoms with E-state index in [9.17, 15) is 4.79 Å². The Morgan fingerprint density at radius 3 is 2.89 bits per heavy atom. The van der Waals surface area contributed by atoms with E-state index in [0.29, 0.717) is 5.56 Å². The van der Waals surface area contributed by atoms with Crippen LogP contribution in [0.1, 0.15) is 29.0 Å². The number of aldehydes is 1. The van der Waals surface area contributed by atoms with Crippen molar-refractivity contribution in [1.82, 2.24) is 19.5 Å². The van der Waals surface area contributed by atoms with E-state index in [0.717, 1.165) is 30.7 Å². The maximum atomic E-state index is 10.7. The summed E-state index contributed by atoms with van der Waals surface area (Å²) in [7, 11) is 0. The lowest BCUT2D eigenvalue weighted by atomic mass is 10.3. The van der Waals surface area contributed by atoms with Gasteiger partial charge in [0, 0.05) is 24.7 Å². The molecule has 0 aromatic carbocycles. The molecule has 1 aliphatic rings. The second-order valence-corrected chi connectivity index (χ2v) is 4.71. The van der Waals surface area contributed by atoms with Gasteiger partial charge in [-0.3, -0.25) is 4.79 Å². The van der Waals surface area contributed by atoms with Crippen molar-refractivity contribution in [2.24, 2.45) is 0 Å². The van der Waals surface area contributed by atoms with Crippen molar-refractivity contribution < 1.29 is 4.79 Å². The zero-order chi connectivity index (χ0) is 12.4. The van der Waals surface area contributed by atoms with Gasteiger partial charge < -0.3 is 4.90 Å². The van der Waals surface area contributed by atoms with Crippen LogP contribution < -0.4 is 0 Å². The van der Waals surface area contributed by atoms with Crippen LogP contribution >= 0.6 is 0 Å². The van der Waals surface area contributed by atoms with Crippen molar-refractivity contribution in [3.63, 3.8) is 0 Å². The van der Waals surface area contributed by atoms with E-state index < -0.39 is 0 Å². The lowest BCUT2D eigenvalue weighted by Crippen LogP contribution is -2.22. The van der Waals surface area contributed by atoms with Crippen LogP contribution in [-0.2, 0) is 6.42 Å². The molecule has 94 valence electrons. The molecule has 0 N–H and O–H groups in total. The molecule has 1 fully saturated rings. The predicted octanol–water partition coefficient (Wildman–Crippen LogP) is 1.18. The summed E-state index contributed by atoms with van der Waals surface area (Å²) in [6.45, 7) is 3.42. The second-order valence-electron chi connectivity index (χ2n) is 4.71. The van der Waals surface area contributed by atoms with Crippen molar-refractivity contribution in [2.45, 2.75) is 19.3 Å². The van der Waals surface area contributed by atoms with Gasteiger partial charge in [0.1, 0.15) is 0 Å². The maximum absolute atomic E-state index is 10.7. The number of pyridine rings is 1. The molecule has 5 heteroatoms. The smallest absolute Gasteiger partial charge is 0.155 e. The van der Waals surface area contributed by atoms with E-state index in [1.165, 1.54) is 25.9 Å². The summed E-state index contributed by atoms with van der Waals surface area (Å²) >= 11 is 0. The first-order chi connectivity index (χ1) is 8.85. The van der Waals surface area contributed by atoms with Crippen LogP contribution in [0.2, 0.25) is 0 Å². The van der Waals surface area contributed by atoms with Crippen LogP contribution in [0.3, 0.4) is 0 Å². The van der Waals surface area contributed by atoms with Gasteiger partial charge in [-0.05, 0) is 38.1 Å². The lowest BCUT2D eigenvalue weighted by Gasteiger charge is -2.12. The monoisotopic (exact) mass is 244 g/mol. The van der Waals surface area contributed by atoms with E-state index in [2.05, 4.69) is 15.0 Å². The van der Waals surface area contributed by atoms with Gasteiger partial charge >= 0.3 is 0 Å². The van der Waals surface area contributed by atoms with Gasteiger partial charge in [-0.2, -0.15) is 5.10 Å². The van der Waals surface area contributed by atoms with E-state index >= 15 is 0 Å². The van der Waals surface area contributed by atoms with Crippen molar-refractivity contribution in [2.75, 3.05) is 19.6 Å². The summed E-state index contributed by atoms with van der Waals surface area (Å²) < 4.78 is 1.68. The highest BCUT2D eigenvalue weighted by Gasteiger charge is 2.12. The number of fused-ring (bicyclic) bond motifs is 1. The molecule has 0 spiro atoms. The van der Waals surface area contributed by atoms with Crippen molar-refractivity contribution in [3.8, 4) is 0 Å². The van der Waals surface area contributed by atoms with E-state index in [-0.39, 0.29) is 0 Å². The highest BCUT2D eigenvalue weighted by Crippen LogP contribution is 2.09. The molecular weight excluding hydrogens is 228 g/mol.